The minimum Gasteiger partial charge on any atom is -0.311 e. The number of hydrogen-bond donors (Lipinski definition) is 0. The van der Waals surface area contributed by atoms with Gasteiger partial charge in [0.1, 0.15) is 0 Å². The Hall–Kier alpha value is -10.0. The Labute approximate surface area is 455 Å². The molecule has 0 N–H and O–H groups in total. The SMILES string of the molecule is O=S(=O)(c1ccccc1)c1ccc(-c2ccc(-c3ccc(-n4c5ccc(-c6ccc(N(c7ccccc7)c7ccccc7)cc6)cc5c5cc(-c6ccc(N(c7ccccc7)c7ccccc7)cc6)ccc54)cc3)cc2)cc1. The Bertz CT molecular complexity index is 4040. The second-order valence-corrected chi connectivity index (χ2v) is 21.3. The fraction of sp³-hybridized carbons (Fsp3) is 0. The fourth-order valence-corrected chi connectivity index (χ4v) is 12.0. The second kappa shape index (κ2) is 20.6. The van der Waals surface area contributed by atoms with Crippen LogP contribution in [0.25, 0.3) is 72.0 Å². The van der Waals surface area contributed by atoms with E-state index in [0.29, 0.717) is 0 Å². The van der Waals surface area contributed by atoms with E-state index in [1.54, 1.807) is 36.4 Å². The number of para-hydroxylation sites is 4. The Morgan fingerprint density at radius 1 is 0.244 bits per heavy atom. The minimum atomic E-state index is -3.59. The second-order valence-electron chi connectivity index (χ2n) is 19.4. The largest absolute Gasteiger partial charge is 0.311 e. The van der Waals surface area contributed by atoms with Crippen molar-refractivity contribution in [3.8, 4) is 50.2 Å². The van der Waals surface area contributed by atoms with Crippen LogP contribution in [0.3, 0.4) is 0 Å². The molecular formula is C72H51N3O2S. The van der Waals surface area contributed by atoms with E-state index in [9.17, 15) is 8.42 Å². The molecule has 0 atom stereocenters. The zero-order chi connectivity index (χ0) is 52.4. The van der Waals surface area contributed by atoms with Crippen molar-refractivity contribution in [3.63, 3.8) is 0 Å². The van der Waals surface area contributed by atoms with Crippen LogP contribution in [0.15, 0.2) is 319 Å². The summed E-state index contributed by atoms with van der Waals surface area (Å²) >= 11 is 0. The van der Waals surface area contributed by atoms with Crippen LogP contribution < -0.4 is 9.80 Å². The summed E-state index contributed by atoms with van der Waals surface area (Å²) < 4.78 is 28.9. The van der Waals surface area contributed by atoms with Crippen molar-refractivity contribution in [3.05, 3.63) is 309 Å². The summed E-state index contributed by atoms with van der Waals surface area (Å²) in [5.41, 5.74) is 18.6. The third-order valence-corrected chi connectivity index (χ3v) is 16.4. The molecule has 0 fully saturated rings. The summed E-state index contributed by atoms with van der Waals surface area (Å²) in [5.74, 6) is 0. The summed E-state index contributed by atoms with van der Waals surface area (Å²) in [4.78, 5) is 5.15. The highest BCUT2D eigenvalue weighted by atomic mass is 32.2. The molecule has 78 heavy (non-hydrogen) atoms. The van der Waals surface area contributed by atoms with Gasteiger partial charge in [-0.05, 0) is 178 Å². The van der Waals surface area contributed by atoms with Gasteiger partial charge in [-0.3, -0.25) is 0 Å². The summed E-state index contributed by atoms with van der Waals surface area (Å²) in [5, 5.41) is 2.34. The monoisotopic (exact) mass is 1020 g/mol. The average Bonchev–Trinajstić information content (AvgIpc) is 3.94. The third kappa shape index (κ3) is 9.21. The van der Waals surface area contributed by atoms with Crippen LogP contribution in [0.5, 0.6) is 0 Å². The topological polar surface area (TPSA) is 45.6 Å². The molecule has 0 bridgehead atoms. The van der Waals surface area contributed by atoms with Gasteiger partial charge in [-0.15, -0.1) is 0 Å². The van der Waals surface area contributed by atoms with Crippen molar-refractivity contribution in [2.75, 3.05) is 9.80 Å². The molecule has 0 spiro atoms. The molecule has 5 nitrogen and oxygen atoms in total. The molecule has 6 heteroatoms. The highest BCUT2D eigenvalue weighted by Crippen LogP contribution is 2.41. The molecule has 1 heterocycles. The Morgan fingerprint density at radius 3 is 0.859 bits per heavy atom. The van der Waals surface area contributed by atoms with E-state index >= 15 is 0 Å². The summed E-state index contributed by atoms with van der Waals surface area (Å²) in [7, 11) is -3.59. The van der Waals surface area contributed by atoms with Crippen molar-refractivity contribution in [1.82, 2.24) is 4.57 Å². The standard InChI is InChI=1S/C72H51N3O2S/c76-78(77,67-24-14-5-15-25-67)68-46-36-55(37-47-68)53-28-26-52(27-29-53)54-30-44-66(45-31-54)75-71-48-38-58(56-32-40-64(41-33-56)73(60-16-6-1-7-17-60)61-18-8-2-9-19-61)50-69(71)70-51-59(39-49-72(70)75)57-34-42-65(43-35-57)74(62-20-10-3-11-21-62)63-22-12-4-13-23-63/h1-51H. The van der Waals surface area contributed by atoms with E-state index in [1.807, 2.05) is 18.2 Å². The Morgan fingerprint density at radius 2 is 0.500 bits per heavy atom. The van der Waals surface area contributed by atoms with Gasteiger partial charge in [0.2, 0.25) is 9.84 Å². The van der Waals surface area contributed by atoms with Gasteiger partial charge in [-0.25, -0.2) is 8.42 Å². The molecule has 1 aromatic heterocycles. The van der Waals surface area contributed by atoms with E-state index in [4.69, 9.17) is 0 Å². The van der Waals surface area contributed by atoms with Crippen LogP contribution in [-0.4, -0.2) is 13.0 Å². The van der Waals surface area contributed by atoms with Gasteiger partial charge in [0.05, 0.1) is 20.8 Å². The van der Waals surface area contributed by atoms with Crippen molar-refractivity contribution in [1.29, 1.82) is 0 Å². The predicted molar refractivity (Wildman–Crippen MR) is 324 cm³/mol. The highest BCUT2D eigenvalue weighted by molar-refractivity contribution is 7.91. The first-order valence-corrected chi connectivity index (χ1v) is 27.6. The number of rotatable bonds is 13. The van der Waals surface area contributed by atoms with Crippen LogP contribution >= 0.6 is 0 Å². The minimum absolute atomic E-state index is 0.277. The lowest BCUT2D eigenvalue weighted by Gasteiger charge is -2.25. The third-order valence-electron chi connectivity index (χ3n) is 14.6. The van der Waals surface area contributed by atoms with Crippen molar-refractivity contribution < 1.29 is 8.42 Å². The highest BCUT2D eigenvalue weighted by Gasteiger charge is 2.20. The normalized spacial score (nSPS) is 11.4. The number of fused-ring (bicyclic) bond motifs is 3. The summed E-state index contributed by atoms with van der Waals surface area (Å²) in [6.45, 7) is 0. The number of nitrogens with zero attached hydrogens (tertiary/aromatic N) is 3. The lowest BCUT2D eigenvalue weighted by molar-refractivity contribution is 0.596. The van der Waals surface area contributed by atoms with Gasteiger partial charge in [0, 0.05) is 50.6 Å². The van der Waals surface area contributed by atoms with E-state index in [-0.39, 0.29) is 9.79 Å². The van der Waals surface area contributed by atoms with Crippen LogP contribution in [0, 0.1) is 0 Å². The molecular weight excluding hydrogens is 971 g/mol. The molecule has 13 aromatic rings. The number of benzene rings is 12. The quantitative estimate of drug-likeness (QED) is 0.115. The predicted octanol–water partition coefficient (Wildman–Crippen LogP) is 19.2. The van der Waals surface area contributed by atoms with Gasteiger partial charge in [0.25, 0.3) is 0 Å². The van der Waals surface area contributed by atoms with E-state index in [2.05, 4.69) is 269 Å². The van der Waals surface area contributed by atoms with E-state index in [0.717, 1.165) is 95.4 Å². The van der Waals surface area contributed by atoms with E-state index in [1.165, 1.54) is 10.8 Å². The summed E-state index contributed by atoms with van der Waals surface area (Å²) in [6.07, 6.45) is 0. The Kier molecular flexibility index (Phi) is 12.6. The molecule has 0 aliphatic carbocycles. The van der Waals surface area contributed by atoms with Crippen LogP contribution in [0.1, 0.15) is 0 Å². The molecule has 0 saturated carbocycles. The van der Waals surface area contributed by atoms with Crippen molar-refractivity contribution >= 4 is 65.8 Å². The van der Waals surface area contributed by atoms with Crippen LogP contribution in [0.4, 0.5) is 34.1 Å². The van der Waals surface area contributed by atoms with Gasteiger partial charge in [0.15, 0.2) is 0 Å². The number of anilines is 6. The van der Waals surface area contributed by atoms with Crippen LogP contribution in [0.2, 0.25) is 0 Å². The van der Waals surface area contributed by atoms with Gasteiger partial charge >= 0.3 is 0 Å². The first-order chi connectivity index (χ1) is 38.4. The van der Waals surface area contributed by atoms with Crippen molar-refractivity contribution in [2.24, 2.45) is 0 Å². The Balaban J connectivity index is 0.849. The lowest BCUT2D eigenvalue weighted by atomic mass is 9.99. The maximum absolute atomic E-state index is 13.2. The maximum Gasteiger partial charge on any atom is 0.206 e. The smallest absolute Gasteiger partial charge is 0.206 e. The first-order valence-electron chi connectivity index (χ1n) is 26.1. The number of sulfone groups is 1. The molecule has 12 aromatic carbocycles. The lowest BCUT2D eigenvalue weighted by Crippen LogP contribution is -2.09. The molecule has 0 amide bonds. The molecule has 372 valence electrons. The molecule has 0 unspecified atom stereocenters. The molecule has 0 saturated heterocycles. The van der Waals surface area contributed by atoms with Crippen LogP contribution in [-0.2, 0) is 9.84 Å². The molecule has 13 rings (SSSR count). The van der Waals surface area contributed by atoms with Gasteiger partial charge in [-0.2, -0.15) is 0 Å². The molecule has 0 radical (unpaired) electrons. The van der Waals surface area contributed by atoms with Crippen molar-refractivity contribution in [2.45, 2.75) is 9.79 Å². The fourth-order valence-electron chi connectivity index (χ4n) is 10.7. The van der Waals surface area contributed by atoms with Gasteiger partial charge in [-0.1, -0.05) is 176 Å². The molecule has 0 aliphatic heterocycles. The van der Waals surface area contributed by atoms with E-state index < -0.39 is 9.84 Å². The first kappa shape index (κ1) is 47.7. The maximum atomic E-state index is 13.2. The summed E-state index contributed by atoms with van der Waals surface area (Å²) in [6, 6.07) is 107. The zero-order valence-corrected chi connectivity index (χ0v) is 43.3. The average molecular weight is 1020 g/mol. The zero-order valence-electron chi connectivity index (χ0n) is 42.5. The number of aromatic nitrogens is 1. The number of hydrogen-bond acceptors (Lipinski definition) is 4. The van der Waals surface area contributed by atoms with Gasteiger partial charge < -0.3 is 14.4 Å². The molecule has 0 aliphatic rings.